The van der Waals surface area contributed by atoms with E-state index in [1.165, 1.54) is 27.5 Å². The first kappa shape index (κ1) is 12.4. The molecule has 0 N–H and O–H groups in total. The number of hydrogen-bond acceptors (Lipinski definition) is 1. The lowest BCUT2D eigenvalue weighted by Gasteiger charge is -2.04. The summed E-state index contributed by atoms with van der Waals surface area (Å²) in [6, 6.07) is 27.4. The van der Waals surface area contributed by atoms with Gasteiger partial charge >= 0.3 is 0 Å². The maximum absolute atomic E-state index is 4.79. The van der Waals surface area contributed by atoms with Gasteiger partial charge in [-0.25, -0.2) is 4.98 Å². The smallest absolute Gasteiger partial charge is 0.146 e. The Labute approximate surface area is 133 Å². The van der Waals surface area contributed by atoms with Crippen molar-refractivity contribution in [1.82, 2.24) is 9.38 Å². The topological polar surface area (TPSA) is 17.3 Å². The van der Waals surface area contributed by atoms with Crippen LogP contribution in [0.4, 0.5) is 0 Å². The van der Waals surface area contributed by atoms with E-state index in [0.29, 0.717) is 0 Å². The van der Waals surface area contributed by atoms with Crippen molar-refractivity contribution in [3.8, 4) is 11.1 Å². The van der Waals surface area contributed by atoms with Crippen molar-refractivity contribution in [2.75, 3.05) is 0 Å². The lowest BCUT2D eigenvalue weighted by atomic mass is 10.0. The minimum absolute atomic E-state index is 1.01. The maximum Gasteiger partial charge on any atom is 0.146 e. The molecular formula is C21H14N2. The molecule has 0 saturated heterocycles. The summed E-state index contributed by atoms with van der Waals surface area (Å²) in [4.78, 5) is 4.79. The average molecular weight is 294 g/mol. The SMILES string of the molecule is c1ccc(-c2c3ccccc3n3c2ncc2ccccc23)cc1. The van der Waals surface area contributed by atoms with E-state index in [1.807, 2.05) is 12.3 Å². The Bertz CT molecular complexity index is 1150. The van der Waals surface area contributed by atoms with Crippen LogP contribution >= 0.6 is 0 Å². The van der Waals surface area contributed by atoms with Gasteiger partial charge in [-0.15, -0.1) is 0 Å². The molecule has 0 bridgehead atoms. The number of nitrogens with zero attached hydrogens (tertiary/aromatic N) is 2. The number of hydrogen-bond donors (Lipinski definition) is 0. The molecule has 5 rings (SSSR count). The average Bonchev–Trinajstić information content (AvgIpc) is 2.97. The minimum atomic E-state index is 1.01. The first-order chi connectivity index (χ1) is 11.4. The predicted molar refractivity (Wildman–Crippen MR) is 95.6 cm³/mol. The van der Waals surface area contributed by atoms with Gasteiger partial charge in [0, 0.05) is 22.5 Å². The van der Waals surface area contributed by atoms with Crippen molar-refractivity contribution in [1.29, 1.82) is 0 Å². The molecule has 0 aliphatic heterocycles. The van der Waals surface area contributed by atoms with Gasteiger partial charge in [-0.3, -0.25) is 4.40 Å². The van der Waals surface area contributed by atoms with Crippen LogP contribution in [0, 0.1) is 0 Å². The van der Waals surface area contributed by atoms with E-state index in [4.69, 9.17) is 4.98 Å². The zero-order valence-corrected chi connectivity index (χ0v) is 12.5. The largest absolute Gasteiger partial charge is 0.293 e. The van der Waals surface area contributed by atoms with E-state index in [1.54, 1.807) is 0 Å². The van der Waals surface area contributed by atoms with Crippen LogP contribution in [-0.2, 0) is 0 Å². The van der Waals surface area contributed by atoms with Crippen LogP contribution in [0.2, 0.25) is 0 Å². The van der Waals surface area contributed by atoms with Gasteiger partial charge in [0.15, 0.2) is 0 Å². The summed E-state index contributed by atoms with van der Waals surface area (Å²) < 4.78 is 2.27. The van der Waals surface area contributed by atoms with E-state index in [0.717, 1.165) is 11.0 Å². The Morgan fingerprint density at radius 2 is 1.35 bits per heavy atom. The van der Waals surface area contributed by atoms with Gasteiger partial charge in [-0.1, -0.05) is 66.7 Å². The molecule has 0 fully saturated rings. The van der Waals surface area contributed by atoms with Gasteiger partial charge in [-0.2, -0.15) is 0 Å². The molecule has 2 aromatic heterocycles. The molecule has 0 spiro atoms. The Morgan fingerprint density at radius 3 is 2.22 bits per heavy atom. The molecule has 3 aromatic carbocycles. The highest BCUT2D eigenvalue weighted by Gasteiger charge is 2.15. The summed E-state index contributed by atoms with van der Waals surface area (Å²) in [5.41, 5.74) is 5.80. The number of benzene rings is 3. The second-order valence-electron chi connectivity index (χ2n) is 5.73. The predicted octanol–water partition coefficient (Wildman–Crippen LogP) is 5.31. The lowest BCUT2D eigenvalue weighted by molar-refractivity contribution is 1.24. The molecule has 23 heavy (non-hydrogen) atoms. The second-order valence-corrected chi connectivity index (χ2v) is 5.73. The number of rotatable bonds is 1. The van der Waals surface area contributed by atoms with Gasteiger partial charge in [-0.05, 0) is 17.7 Å². The van der Waals surface area contributed by atoms with Crippen molar-refractivity contribution in [2.45, 2.75) is 0 Å². The van der Waals surface area contributed by atoms with E-state index < -0.39 is 0 Å². The molecular weight excluding hydrogens is 280 g/mol. The molecule has 0 aliphatic rings. The maximum atomic E-state index is 4.79. The van der Waals surface area contributed by atoms with E-state index >= 15 is 0 Å². The highest BCUT2D eigenvalue weighted by molar-refractivity contribution is 6.06. The molecule has 0 radical (unpaired) electrons. The molecule has 0 saturated carbocycles. The van der Waals surface area contributed by atoms with Crippen LogP contribution in [0.1, 0.15) is 0 Å². The summed E-state index contributed by atoms with van der Waals surface area (Å²) in [6.45, 7) is 0. The molecule has 108 valence electrons. The molecule has 2 nitrogen and oxygen atoms in total. The van der Waals surface area contributed by atoms with Crippen LogP contribution in [0.5, 0.6) is 0 Å². The fraction of sp³-hybridized carbons (Fsp3) is 0. The monoisotopic (exact) mass is 294 g/mol. The number of para-hydroxylation sites is 2. The summed E-state index contributed by atoms with van der Waals surface area (Å²) in [5.74, 6) is 0. The lowest BCUT2D eigenvalue weighted by Crippen LogP contribution is -1.91. The summed E-state index contributed by atoms with van der Waals surface area (Å²) in [7, 11) is 0. The van der Waals surface area contributed by atoms with Crippen LogP contribution in [0.25, 0.3) is 38.6 Å². The second kappa shape index (κ2) is 4.68. The number of aromatic nitrogens is 2. The molecule has 0 aliphatic carbocycles. The zero-order chi connectivity index (χ0) is 15.2. The highest BCUT2D eigenvalue weighted by atomic mass is 15.0. The molecule has 2 heteroatoms. The van der Waals surface area contributed by atoms with Crippen LogP contribution in [-0.4, -0.2) is 9.38 Å². The molecule has 0 unspecified atom stereocenters. The zero-order valence-electron chi connectivity index (χ0n) is 12.5. The summed E-state index contributed by atoms with van der Waals surface area (Å²) in [5, 5.41) is 2.39. The molecule has 0 amide bonds. The normalized spacial score (nSPS) is 11.5. The molecule has 2 heterocycles. The first-order valence-corrected chi connectivity index (χ1v) is 7.76. The van der Waals surface area contributed by atoms with Crippen LogP contribution < -0.4 is 0 Å². The Hall–Kier alpha value is -3.13. The van der Waals surface area contributed by atoms with Gasteiger partial charge in [0.05, 0.1) is 11.0 Å². The molecule has 0 atom stereocenters. The van der Waals surface area contributed by atoms with Crippen molar-refractivity contribution in [2.24, 2.45) is 0 Å². The number of fused-ring (bicyclic) bond motifs is 5. The van der Waals surface area contributed by atoms with Crippen LogP contribution in [0.3, 0.4) is 0 Å². The van der Waals surface area contributed by atoms with Crippen molar-refractivity contribution in [3.63, 3.8) is 0 Å². The summed E-state index contributed by atoms with van der Waals surface area (Å²) >= 11 is 0. The summed E-state index contributed by atoms with van der Waals surface area (Å²) in [6.07, 6.45) is 1.97. The van der Waals surface area contributed by atoms with Gasteiger partial charge < -0.3 is 0 Å². The fourth-order valence-electron chi connectivity index (χ4n) is 3.41. The van der Waals surface area contributed by atoms with Gasteiger partial charge in [0.2, 0.25) is 0 Å². The van der Waals surface area contributed by atoms with Crippen molar-refractivity contribution < 1.29 is 0 Å². The third-order valence-corrected chi connectivity index (χ3v) is 4.42. The fourth-order valence-corrected chi connectivity index (χ4v) is 3.41. The highest BCUT2D eigenvalue weighted by Crippen LogP contribution is 2.35. The Kier molecular flexibility index (Phi) is 2.53. The Morgan fingerprint density at radius 1 is 0.652 bits per heavy atom. The minimum Gasteiger partial charge on any atom is -0.293 e. The van der Waals surface area contributed by atoms with E-state index in [9.17, 15) is 0 Å². The van der Waals surface area contributed by atoms with Gasteiger partial charge in [0.25, 0.3) is 0 Å². The third kappa shape index (κ3) is 1.72. The van der Waals surface area contributed by atoms with Crippen molar-refractivity contribution in [3.05, 3.63) is 85.1 Å². The van der Waals surface area contributed by atoms with Gasteiger partial charge in [0.1, 0.15) is 5.65 Å². The Balaban J connectivity index is 2.07. The quantitative estimate of drug-likeness (QED) is 0.409. The van der Waals surface area contributed by atoms with E-state index in [2.05, 4.69) is 77.2 Å². The standard InChI is InChI=1S/C21H14N2/c1-2-8-15(9-3-1)20-17-11-5-7-13-19(17)23-18-12-6-4-10-16(18)14-22-21(20)23/h1-14H. The third-order valence-electron chi connectivity index (χ3n) is 4.42. The first-order valence-electron chi connectivity index (χ1n) is 7.76. The van der Waals surface area contributed by atoms with E-state index in [-0.39, 0.29) is 0 Å². The van der Waals surface area contributed by atoms with Crippen LogP contribution in [0.15, 0.2) is 85.1 Å². The van der Waals surface area contributed by atoms with Crippen molar-refractivity contribution >= 4 is 27.5 Å². The molecule has 5 aromatic rings.